The Labute approximate surface area is 133 Å². The Hall–Kier alpha value is -1.71. The van der Waals surface area contributed by atoms with Gasteiger partial charge in [0, 0.05) is 36.9 Å². The van der Waals surface area contributed by atoms with E-state index in [9.17, 15) is 0 Å². The lowest BCUT2D eigenvalue weighted by Crippen LogP contribution is -2.39. The molecule has 3 heteroatoms. The third kappa shape index (κ3) is 2.67. The second-order valence-electron chi connectivity index (χ2n) is 6.54. The normalized spacial score (nSPS) is 21.9. The van der Waals surface area contributed by atoms with Gasteiger partial charge in [-0.25, -0.2) is 0 Å². The van der Waals surface area contributed by atoms with Crippen molar-refractivity contribution in [3.8, 4) is 0 Å². The molecule has 0 amide bonds. The van der Waals surface area contributed by atoms with Gasteiger partial charge in [-0.3, -0.25) is 9.88 Å². The van der Waals surface area contributed by atoms with Crippen LogP contribution >= 0.6 is 0 Å². The summed E-state index contributed by atoms with van der Waals surface area (Å²) in [6, 6.07) is 13.4. The molecule has 1 aliphatic rings. The quantitative estimate of drug-likeness (QED) is 0.945. The van der Waals surface area contributed by atoms with Crippen LogP contribution in [0.3, 0.4) is 0 Å². The van der Waals surface area contributed by atoms with Gasteiger partial charge in [-0.2, -0.15) is 0 Å². The third-order valence-electron chi connectivity index (χ3n) is 4.78. The highest BCUT2D eigenvalue weighted by atomic mass is 15.1. The standard InChI is InChI=1S/C19H25N3/c1-13(2)14-7-8-15-16(10-14)19(11-20)22(3)12-17(15)18-6-4-5-9-21-18/h4-10,13,17,19H,11-12,20H2,1-3H3. The Morgan fingerprint density at radius 2 is 2.05 bits per heavy atom. The molecule has 116 valence electrons. The molecule has 0 radical (unpaired) electrons. The molecule has 0 spiro atoms. The van der Waals surface area contributed by atoms with Gasteiger partial charge in [-0.15, -0.1) is 0 Å². The predicted molar refractivity (Wildman–Crippen MR) is 91.0 cm³/mol. The highest BCUT2D eigenvalue weighted by Gasteiger charge is 2.32. The lowest BCUT2D eigenvalue weighted by atomic mass is 9.81. The molecule has 2 N–H and O–H groups in total. The van der Waals surface area contributed by atoms with E-state index in [1.807, 2.05) is 12.3 Å². The average molecular weight is 295 g/mol. The van der Waals surface area contributed by atoms with Crippen molar-refractivity contribution in [3.63, 3.8) is 0 Å². The summed E-state index contributed by atoms with van der Waals surface area (Å²) in [7, 11) is 2.17. The molecule has 2 unspecified atom stereocenters. The summed E-state index contributed by atoms with van der Waals surface area (Å²) in [4.78, 5) is 6.95. The lowest BCUT2D eigenvalue weighted by molar-refractivity contribution is 0.222. The second-order valence-corrected chi connectivity index (χ2v) is 6.54. The predicted octanol–water partition coefficient (Wildman–Crippen LogP) is 3.28. The van der Waals surface area contributed by atoms with E-state index < -0.39 is 0 Å². The maximum absolute atomic E-state index is 6.06. The van der Waals surface area contributed by atoms with E-state index >= 15 is 0 Å². The summed E-state index contributed by atoms with van der Waals surface area (Å²) in [5.74, 6) is 0.856. The summed E-state index contributed by atoms with van der Waals surface area (Å²) in [6.45, 7) is 6.09. The number of hydrogen-bond acceptors (Lipinski definition) is 3. The van der Waals surface area contributed by atoms with Crippen molar-refractivity contribution < 1.29 is 0 Å². The average Bonchev–Trinajstić information content (AvgIpc) is 2.54. The molecule has 1 aromatic carbocycles. The highest BCUT2D eigenvalue weighted by Crippen LogP contribution is 2.38. The van der Waals surface area contributed by atoms with E-state index in [-0.39, 0.29) is 0 Å². The number of rotatable bonds is 3. The monoisotopic (exact) mass is 295 g/mol. The van der Waals surface area contributed by atoms with Crippen LogP contribution < -0.4 is 5.73 Å². The van der Waals surface area contributed by atoms with Crippen LogP contribution in [0.4, 0.5) is 0 Å². The minimum absolute atomic E-state index is 0.300. The van der Waals surface area contributed by atoms with Crippen LogP contribution in [0.5, 0.6) is 0 Å². The van der Waals surface area contributed by atoms with E-state index in [0.29, 0.717) is 24.4 Å². The first kappa shape index (κ1) is 15.2. The van der Waals surface area contributed by atoms with Gasteiger partial charge >= 0.3 is 0 Å². The first-order valence-corrected chi connectivity index (χ1v) is 8.06. The fourth-order valence-electron chi connectivity index (χ4n) is 3.45. The Morgan fingerprint density at radius 3 is 2.68 bits per heavy atom. The van der Waals surface area contributed by atoms with Crippen LogP contribution in [-0.2, 0) is 0 Å². The molecule has 22 heavy (non-hydrogen) atoms. The Morgan fingerprint density at radius 1 is 1.23 bits per heavy atom. The van der Waals surface area contributed by atoms with Crippen LogP contribution in [0.25, 0.3) is 0 Å². The van der Waals surface area contributed by atoms with Gasteiger partial charge in [0.15, 0.2) is 0 Å². The van der Waals surface area contributed by atoms with Crippen LogP contribution in [0.15, 0.2) is 42.6 Å². The van der Waals surface area contributed by atoms with Gasteiger partial charge in [0.25, 0.3) is 0 Å². The van der Waals surface area contributed by atoms with Crippen molar-refractivity contribution in [3.05, 3.63) is 65.0 Å². The molecule has 0 saturated heterocycles. The lowest BCUT2D eigenvalue weighted by Gasteiger charge is -2.39. The third-order valence-corrected chi connectivity index (χ3v) is 4.78. The minimum atomic E-state index is 0.300. The van der Waals surface area contributed by atoms with Gasteiger partial charge in [0.1, 0.15) is 0 Å². The zero-order valence-corrected chi connectivity index (χ0v) is 13.7. The summed E-state index contributed by atoms with van der Waals surface area (Å²) in [5, 5.41) is 0. The summed E-state index contributed by atoms with van der Waals surface area (Å²) in [5.41, 5.74) is 11.3. The smallest absolute Gasteiger partial charge is 0.0491 e. The first-order chi connectivity index (χ1) is 10.6. The maximum Gasteiger partial charge on any atom is 0.0491 e. The molecule has 0 aliphatic carbocycles. The molecule has 3 rings (SSSR count). The number of fused-ring (bicyclic) bond motifs is 1. The number of hydrogen-bond donors (Lipinski definition) is 1. The molecule has 3 nitrogen and oxygen atoms in total. The second kappa shape index (κ2) is 6.19. The van der Waals surface area contributed by atoms with Crippen LogP contribution in [0.2, 0.25) is 0 Å². The molecule has 2 heterocycles. The van der Waals surface area contributed by atoms with E-state index in [1.165, 1.54) is 16.7 Å². The van der Waals surface area contributed by atoms with Crippen LogP contribution in [0, 0.1) is 0 Å². The molecule has 1 aromatic heterocycles. The fraction of sp³-hybridized carbons (Fsp3) is 0.421. The Balaban J connectivity index is 2.11. The SMILES string of the molecule is CC(C)c1ccc2c(c1)C(CN)N(C)CC2c1ccccn1. The molecule has 2 aromatic rings. The van der Waals surface area contributed by atoms with Gasteiger partial charge in [-0.05, 0) is 41.8 Å². The highest BCUT2D eigenvalue weighted by molar-refractivity contribution is 5.43. The first-order valence-electron chi connectivity index (χ1n) is 8.06. The van der Waals surface area contributed by atoms with E-state index in [2.05, 4.69) is 61.1 Å². The van der Waals surface area contributed by atoms with Gasteiger partial charge in [0.2, 0.25) is 0 Å². The van der Waals surface area contributed by atoms with Crippen LogP contribution in [0.1, 0.15) is 54.1 Å². The van der Waals surface area contributed by atoms with Crippen molar-refractivity contribution in [2.45, 2.75) is 31.7 Å². The number of nitrogens with two attached hydrogens (primary N) is 1. The molecular formula is C19H25N3. The van der Waals surface area contributed by atoms with Crippen molar-refractivity contribution in [1.29, 1.82) is 0 Å². The zero-order valence-electron chi connectivity index (χ0n) is 13.7. The number of pyridine rings is 1. The number of likely N-dealkylation sites (N-methyl/N-ethyl adjacent to an activating group) is 1. The Kier molecular flexibility index (Phi) is 4.27. The summed E-state index contributed by atoms with van der Waals surface area (Å²) in [6.07, 6.45) is 1.88. The number of nitrogens with zero attached hydrogens (tertiary/aromatic N) is 2. The number of benzene rings is 1. The van der Waals surface area contributed by atoms with Crippen molar-refractivity contribution in [2.24, 2.45) is 5.73 Å². The number of aromatic nitrogens is 1. The minimum Gasteiger partial charge on any atom is -0.329 e. The van der Waals surface area contributed by atoms with E-state index in [0.717, 1.165) is 12.2 Å². The Bertz CT molecular complexity index is 636. The van der Waals surface area contributed by atoms with Crippen LogP contribution in [-0.4, -0.2) is 30.0 Å². The van der Waals surface area contributed by atoms with Crippen molar-refractivity contribution in [2.75, 3.05) is 20.1 Å². The molecule has 0 bridgehead atoms. The molecular weight excluding hydrogens is 270 g/mol. The summed E-state index contributed by atoms with van der Waals surface area (Å²) >= 11 is 0. The maximum atomic E-state index is 6.06. The summed E-state index contributed by atoms with van der Waals surface area (Å²) < 4.78 is 0. The van der Waals surface area contributed by atoms with Gasteiger partial charge in [-0.1, -0.05) is 38.1 Å². The zero-order chi connectivity index (χ0) is 15.7. The van der Waals surface area contributed by atoms with Gasteiger partial charge < -0.3 is 5.73 Å². The van der Waals surface area contributed by atoms with Gasteiger partial charge in [0.05, 0.1) is 0 Å². The van der Waals surface area contributed by atoms with E-state index in [1.54, 1.807) is 0 Å². The molecule has 1 aliphatic heterocycles. The fourth-order valence-corrected chi connectivity index (χ4v) is 3.45. The van der Waals surface area contributed by atoms with Crippen molar-refractivity contribution in [1.82, 2.24) is 9.88 Å². The van der Waals surface area contributed by atoms with E-state index in [4.69, 9.17) is 5.73 Å². The topological polar surface area (TPSA) is 42.1 Å². The molecule has 0 fully saturated rings. The molecule has 2 atom stereocenters. The largest absolute Gasteiger partial charge is 0.329 e. The molecule has 0 saturated carbocycles. The van der Waals surface area contributed by atoms with Crippen molar-refractivity contribution >= 4 is 0 Å².